The van der Waals surface area contributed by atoms with Crippen LogP contribution in [0.1, 0.15) is 31.7 Å². The molecule has 0 aromatic heterocycles. The Morgan fingerprint density at radius 1 is 1.50 bits per heavy atom. The zero-order chi connectivity index (χ0) is 10.8. The molecule has 16 heavy (non-hydrogen) atoms. The quantitative estimate of drug-likeness (QED) is 0.690. The SMILES string of the molecule is CC1CC=C(c2cc[c-]c(F)c2Cl)CC1.[Rb+]. The molecule has 0 nitrogen and oxygen atoms in total. The second kappa shape index (κ2) is 6.79. The maximum absolute atomic E-state index is 13.2. The maximum Gasteiger partial charge on any atom is 1.00 e. The van der Waals surface area contributed by atoms with Crippen LogP contribution in [0.2, 0.25) is 5.02 Å². The second-order valence-electron chi connectivity index (χ2n) is 4.13. The molecule has 0 saturated carbocycles. The summed E-state index contributed by atoms with van der Waals surface area (Å²) in [5, 5.41) is 0.207. The zero-order valence-corrected chi connectivity index (χ0v) is 15.4. The van der Waals surface area contributed by atoms with Crippen molar-refractivity contribution >= 4 is 17.2 Å². The molecule has 80 valence electrons. The molecule has 0 radical (unpaired) electrons. The van der Waals surface area contributed by atoms with E-state index in [9.17, 15) is 4.39 Å². The summed E-state index contributed by atoms with van der Waals surface area (Å²) in [7, 11) is 0. The van der Waals surface area contributed by atoms with Crippen LogP contribution in [-0.2, 0) is 0 Å². The molecule has 1 aromatic rings. The molecule has 0 saturated heterocycles. The van der Waals surface area contributed by atoms with E-state index in [0.717, 1.165) is 30.7 Å². The zero-order valence-electron chi connectivity index (χ0n) is 9.69. The summed E-state index contributed by atoms with van der Waals surface area (Å²) in [6.07, 6.45) is 5.38. The fraction of sp³-hybridized carbons (Fsp3) is 0.385. The van der Waals surface area contributed by atoms with E-state index in [1.165, 1.54) is 5.57 Å². The molecule has 0 fully saturated rings. The van der Waals surface area contributed by atoms with E-state index < -0.39 is 5.82 Å². The average molecular weight is 309 g/mol. The number of allylic oxidation sites excluding steroid dienone is 2. The van der Waals surface area contributed by atoms with Crippen molar-refractivity contribution in [3.63, 3.8) is 0 Å². The monoisotopic (exact) mass is 308 g/mol. The fourth-order valence-corrected chi connectivity index (χ4v) is 2.15. The third kappa shape index (κ3) is 3.49. The van der Waals surface area contributed by atoms with Crippen LogP contribution in [0.25, 0.3) is 5.57 Å². The molecule has 0 N–H and O–H groups in total. The molecular weight excluding hydrogens is 296 g/mol. The minimum atomic E-state index is -0.450. The first kappa shape index (κ1) is 15.0. The summed E-state index contributed by atoms with van der Waals surface area (Å²) in [5.74, 6) is 0.279. The Morgan fingerprint density at radius 2 is 2.25 bits per heavy atom. The molecule has 0 spiro atoms. The van der Waals surface area contributed by atoms with E-state index in [1.54, 1.807) is 6.07 Å². The van der Waals surface area contributed by atoms with Crippen molar-refractivity contribution in [1.82, 2.24) is 0 Å². The summed E-state index contributed by atoms with van der Waals surface area (Å²) in [5.41, 5.74) is 2.01. The van der Waals surface area contributed by atoms with Gasteiger partial charge in [0.15, 0.2) is 0 Å². The van der Waals surface area contributed by atoms with Crippen LogP contribution in [0, 0.1) is 17.8 Å². The first-order chi connectivity index (χ1) is 7.18. The minimum absolute atomic E-state index is 0. The molecule has 0 amide bonds. The topological polar surface area (TPSA) is 0 Å². The van der Waals surface area contributed by atoms with Gasteiger partial charge in [0.25, 0.3) is 0 Å². The van der Waals surface area contributed by atoms with Crippen molar-refractivity contribution in [3.05, 3.63) is 40.7 Å². The Balaban J connectivity index is 0.00000128. The largest absolute Gasteiger partial charge is 1.00 e. The fourth-order valence-electron chi connectivity index (χ4n) is 1.91. The first-order valence-electron chi connectivity index (χ1n) is 5.23. The molecule has 1 aliphatic rings. The van der Waals surface area contributed by atoms with Crippen molar-refractivity contribution < 1.29 is 62.6 Å². The van der Waals surface area contributed by atoms with Gasteiger partial charge in [-0.3, -0.25) is 0 Å². The molecule has 0 bridgehead atoms. The molecule has 2 rings (SSSR count). The van der Waals surface area contributed by atoms with Gasteiger partial charge >= 0.3 is 58.2 Å². The molecular formula is C13H13ClFRb. The Bertz CT molecular complexity index is 401. The maximum atomic E-state index is 13.2. The van der Waals surface area contributed by atoms with Gasteiger partial charge in [-0.05, 0) is 30.2 Å². The predicted molar refractivity (Wildman–Crippen MR) is 61.2 cm³/mol. The van der Waals surface area contributed by atoms with Gasteiger partial charge in [0.1, 0.15) is 0 Å². The van der Waals surface area contributed by atoms with Gasteiger partial charge < -0.3 is 0 Å². The van der Waals surface area contributed by atoms with Crippen molar-refractivity contribution in [2.24, 2.45) is 5.92 Å². The van der Waals surface area contributed by atoms with Gasteiger partial charge in [-0.25, -0.2) is 4.39 Å². The third-order valence-electron chi connectivity index (χ3n) is 2.91. The van der Waals surface area contributed by atoms with Crippen LogP contribution in [-0.4, -0.2) is 0 Å². The van der Waals surface area contributed by atoms with Crippen molar-refractivity contribution in [1.29, 1.82) is 0 Å². The summed E-state index contributed by atoms with van der Waals surface area (Å²) >= 11 is 5.92. The third-order valence-corrected chi connectivity index (χ3v) is 3.28. The Labute approximate surface area is 150 Å². The van der Waals surface area contributed by atoms with Crippen molar-refractivity contribution in [2.45, 2.75) is 26.2 Å². The van der Waals surface area contributed by atoms with Crippen LogP contribution in [0.15, 0.2) is 18.2 Å². The van der Waals surface area contributed by atoms with E-state index in [-0.39, 0.29) is 63.2 Å². The molecule has 0 aliphatic heterocycles. The van der Waals surface area contributed by atoms with E-state index in [2.05, 4.69) is 19.1 Å². The molecule has 1 aromatic carbocycles. The van der Waals surface area contributed by atoms with Crippen LogP contribution >= 0.6 is 11.6 Å². The molecule has 1 atom stereocenters. The van der Waals surface area contributed by atoms with Crippen molar-refractivity contribution in [2.75, 3.05) is 0 Å². The van der Waals surface area contributed by atoms with Crippen molar-refractivity contribution in [3.8, 4) is 0 Å². The minimum Gasteiger partial charge on any atom is -0.235 e. The summed E-state index contributed by atoms with van der Waals surface area (Å²) < 4.78 is 13.2. The number of hydrogen-bond acceptors (Lipinski definition) is 0. The number of benzene rings is 1. The average Bonchev–Trinajstić information content (AvgIpc) is 2.24. The van der Waals surface area contributed by atoms with E-state index in [4.69, 9.17) is 11.6 Å². The molecule has 1 unspecified atom stereocenters. The smallest absolute Gasteiger partial charge is 0.235 e. The normalized spacial score (nSPS) is 19.9. The van der Waals surface area contributed by atoms with Gasteiger partial charge in [-0.1, -0.05) is 18.6 Å². The van der Waals surface area contributed by atoms with Gasteiger partial charge in [-0.2, -0.15) is 23.7 Å². The molecule has 3 heteroatoms. The van der Waals surface area contributed by atoms with Gasteiger partial charge in [-0.15, -0.1) is 11.6 Å². The van der Waals surface area contributed by atoms with E-state index >= 15 is 0 Å². The Morgan fingerprint density at radius 3 is 2.88 bits per heavy atom. The van der Waals surface area contributed by atoms with Gasteiger partial charge in [0.2, 0.25) is 0 Å². The Hall–Kier alpha value is 0.985. The number of halogens is 2. The second-order valence-corrected chi connectivity index (χ2v) is 4.51. The number of hydrogen-bond donors (Lipinski definition) is 0. The van der Waals surface area contributed by atoms with E-state index in [0.29, 0.717) is 0 Å². The standard InChI is InChI=1S/C13H13ClF.Rb/c1-9-5-7-10(8-6-9)11-3-2-4-12(15)13(11)14;/h2-3,7,9H,5-6,8H2,1H3;/q-1;+1. The van der Waals surface area contributed by atoms with Crippen LogP contribution in [0.3, 0.4) is 0 Å². The van der Waals surface area contributed by atoms with Gasteiger partial charge in [0, 0.05) is 5.82 Å². The summed E-state index contributed by atoms with van der Waals surface area (Å²) in [6.45, 7) is 2.23. The first-order valence-corrected chi connectivity index (χ1v) is 5.61. The van der Waals surface area contributed by atoms with Crippen LogP contribution in [0.5, 0.6) is 0 Å². The predicted octanol–water partition coefficient (Wildman–Crippen LogP) is 1.49. The van der Waals surface area contributed by atoms with E-state index in [1.807, 2.05) is 6.07 Å². The Kier molecular flexibility index (Phi) is 6.39. The van der Waals surface area contributed by atoms with Crippen LogP contribution < -0.4 is 58.2 Å². The van der Waals surface area contributed by atoms with Gasteiger partial charge in [0.05, 0.1) is 0 Å². The molecule has 0 heterocycles. The molecule has 1 aliphatic carbocycles. The van der Waals surface area contributed by atoms with Crippen LogP contribution in [0.4, 0.5) is 4.39 Å². The summed E-state index contributed by atoms with van der Waals surface area (Å²) in [4.78, 5) is 0. The summed E-state index contributed by atoms with van der Waals surface area (Å²) in [6, 6.07) is 5.90. The number of rotatable bonds is 1.